The molecule has 0 bridgehead atoms. The molecule has 31 heavy (non-hydrogen) atoms. The highest BCUT2D eigenvalue weighted by Crippen LogP contribution is 2.37. The number of nitrogens with zero attached hydrogens (tertiary/aromatic N) is 4. The lowest BCUT2D eigenvalue weighted by Gasteiger charge is -2.38. The van der Waals surface area contributed by atoms with Gasteiger partial charge in [0.1, 0.15) is 11.6 Å². The fourth-order valence-electron chi connectivity index (χ4n) is 3.60. The third-order valence-electron chi connectivity index (χ3n) is 5.30. The van der Waals surface area contributed by atoms with Crippen molar-refractivity contribution in [3.05, 3.63) is 53.3 Å². The standard InChI is InChI=1S/C22H21N5O3S/c1-14-4-7-22(13-27-14,30-21-17(29-2)15(12-23)5-10-26-21)19(28)16-6-11-31-18(16)20-24-8-3-9-25-20/h3,5-6,8-11,14,27H,4,7,13H2,1-2H3/t14-,22-/m1/s1. The first-order valence-corrected chi connectivity index (χ1v) is 10.7. The molecule has 0 amide bonds. The molecule has 1 N–H and O–H groups in total. The summed E-state index contributed by atoms with van der Waals surface area (Å²) in [4.78, 5) is 27.4. The minimum absolute atomic E-state index is 0.124. The molecule has 8 nitrogen and oxygen atoms in total. The molecule has 9 heteroatoms. The smallest absolute Gasteiger partial charge is 0.259 e. The molecule has 1 fully saturated rings. The van der Waals surface area contributed by atoms with Crippen molar-refractivity contribution < 1.29 is 14.3 Å². The van der Waals surface area contributed by atoms with Gasteiger partial charge in [0.15, 0.2) is 17.2 Å². The Kier molecular flexibility index (Phi) is 5.93. The van der Waals surface area contributed by atoms with Gasteiger partial charge in [-0.3, -0.25) is 4.79 Å². The molecule has 1 aliphatic heterocycles. The number of methoxy groups -OCH3 is 1. The molecule has 0 radical (unpaired) electrons. The maximum atomic E-state index is 13.9. The Morgan fingerprint density at radius 2 is 2.10 bits per heavy atom. The second-order valence-electron chi connectivity index (χ2n) is 7.29. The summed E-state index contributed by atoms with van der Waals surface area (Å²) >= 11 is 1.41. The highest BCUT2D eigenvalue weighted by Gasteiger charge is 2.46. The van der Waals surface area contributed by atoms with Crippen LogP contribution in [0, 0.1) is 11.3 Å². The lowest BCUT2D eigenvalue weighted by Crippen LogP contribution is -2.58. The van der Waals surface area contributed by atoms with Gasteiger partial charge >= 0.3 is 0 Å². The van der Waals surface area contributed by atoms with Gasteiger partial charge in [-0.15, -0.1) is 11.3 Å². The Labute approximate surface area is 183 Å². The average molecular weight is 436 g/mol. The number of thiophene rings is 1. The predicted molar refractivity (Wildman–Crippen MR) is 115 cm³/mol. The molecule has 0 aliphatic carbocycles. The predicted octanol–water partition coefficient (Wildman–Crippen LogP) is 3.25. The van der Waals surface area contributed by atoms with E-state index in [2.05, 4.69) is 33.3 Å². The van der Waals surface area contributed by atoms with Crippen LogP contribution in [0.15, 0.2) is 42.2 Å². The van der Waals surface area contributed by atoms with Gasteiger partial charge < -0.3 is 14.8 Å². The van der Waals surface area contributed by atoms with Crippen molar-refractivity contribution in [3.63, 3.8) is 0 Å². The summed E-state index contributed by atoms with van der Waals surface area (Å²) in [5.41, 5.74) is -0.407. The van der Waals surface area contributed by atoms with Gasteiger partial charge in [-0.1, -0.05) is 0 Å². The van der Waals surface area contributed by atoms with E-state index in [1.807, 2.05) is 5.38 Å². The van der Waals surface area contributed by atoms with Crippen LogP contribution in [0.2, 0.25) is 0 Å². The maximum absolute atomic E-state index is 13.9. The zero-order valence-electron chi connectivity index (χ0n) is 17.2. The molecular formula is C22H21N5O3S. The van der Waals surface area contributed by atoms with E-state index in [9.17, 15) is 10.1 Å². The van der Waals surface area contributed by atoms with E-state index in [-0.39, 0.29) is 23.5 Å². The molecule has 0 aromatic carbocycles. The Morgan fingerprint density at radius 1 is 1.29 bits per heavy atom. The van der Waals surface area contributed by atoms with Crippen LogP contribution in [0.25, 0.3) is 10.7 Å². The lowest BCUT2D eigenvalue weighted by atomic mass is 9.84. The van der Waals surface area contributed by atoms with Gasteiger partial charge in [0.2, 0.25) is 5.78 Å². The monoisotopic (exact) mass is 435 g/mol. The van der Waals surface area contributed by atoms with Crippen molar-refractivity contribution in [2.75, 3.05) is 13.7 Å². The number of hydrogen-bond donors (Lipinski definition) is 1. The summed E-state index contributed by atoms with van der Waals surface area (Å²) in [7, 11) is 1.45. The van der Waals surface area contributed by atoms with Crippen LogP contribution in [-0.4, -0.2) is 46.0 Å². The zero-order chi connectivity index (χ0) is 21.8. The van der Waals surface area contributed by atoms with Crippen molar-refractivity contribution in [1.82, 2.24) is 20.3 Å². The van der Waals surface area contributed by atoms with E-state index >= 15 is 0 Å². The minimum atomic E-state index is -1.20. The van der Waals surface area contributed by atoms with Crippen LogP contribution >= 0.6 is 11.3 Å². The lowest BCUT2D eigenvalue weighted by molar-refractivity contribution is 0.0251. The highest BCUT2D eigenvalue weighted by molar-refractivity contribution is 7.14. The number of aromatic nitrogens is 3. The fraction of sp³-hybridized carbons (Fsp3) is 0.318. The first kappa shape index (κ1) is 20.9. The molecule has 2 atom stereocenters. The number of ketones is 1. The molecule has 3 aromatic heterocycles. The van der Waals surface area contributed by atoms with Gasteiger partial charge in [0, 0.05) is 36.7 Å². The van der Waals surface area contributed by atoms with Crippen molar-refractivity contribution in [2.24, 2.45) is 0 Å². The van der Waals surface area contributed by atoms with Crippen LogP contribution in [0.1, 0.15) is 35.7 Å². The molecule has 1 aliphatic rings. The number of rotatable bonds is 6. The summed E-state index contributed by atoms with van der Waals surface area (Å²) in [5, 5.41) is 14.6. The molecule has 3 aromatic rings. The maximum Gasteiger partial charge on any atom is 0.259 e. The Morgan fingerprint density at radius 3 is 2.77 bits per heavy atom. The van der Waals surface area contributed by atoms with Crippen molar-refractivity contribution >= 4 is 17.1 Å². The van der Waals surface area contributed by atoms with E-state index in [0.717, 1.165) is 6.42 Å². The van der Waals surface area contributed by atoms with E-state index in [4.69, 9.17) is 9.47 Å². The summed E-state index contributed by atoms with van der Waals surface area (Å²) < 4.78 is 11.7. The summed E-state index contributed by atoms with van der Waals surface area (Å²) in [6.07, 6.45) is 6.00. The van der Waals surface area contributed by atoms with Crippen molar-refractivity contribution in [3.8, 4) is 28.4 Å². The summed E-state index contributed by atoms with van der Waals surface area (Å²) in [6.45, 7) is 2.37. The molecule has 0 unspecified atom stereocenters. The number of hydrogen-bond acceptors (Lipinski definition) is 9. The van der Waals surface area contributed by atoms with Gasteiger partial charge in [0.05, 0.1) is 12.0 Å². The van der Waals surface area contributed by atoms with Crippen LogP contribution in [0.3, 0.4) is 0 Å². The van der Waals surface area contributed by atoms with Crippen molar-refractivity contribution in [1.29, 1.82) is 5.26 Å². The molecule has 4 heterocycles. The third-order valence-corrected chi connectivity index (χ3v) is 6.21. The molecule has 1 saturated heterocycles. The number of piperidine rings is 1. The summed E-state index contributed by atoms with van der Waals surface area (Å²) in [5.74, 6) is 0.656. The van der Waals surface area contributed by atoms with Gasteiger partial charge in [-0.05, 0) is 43.3 Å². The second kappa shape index (κ2) is 8.79. The van der Waals surface area contributed by atoms with Crippen LogP contribution in [-0.2, 0) is 0 Å². The van der Waals surface area contributed by atoms with E-state index in [1.165, 1.54) is 24.6 Å². The molecular weight excluding hydrogens is 414 g/mol. The average Bonchev–Trinajstić information content (AvgIpc) is 3.30. The Bertz CT molecular complexity index is 1120. The number of nitriles is 1. The second-order valence-corrected chi connectivity index (χ2v) is 8.21. The van der Waals surface area contributed by atoms with Gasteiger partial charge in [-0.25, -0.2) is 15.0 Å². The van der Waals surface area contributed by atoms with E-state index in [0.29, 0.717) is 34.8 Å². The summed E-state index contributed by atoms with van der Waals surface area (Å²) in [6, 6.07) is 7.38. The van der Waals surface area contributed by atoms with Crippen LogP contribution < -0.4 is 14.8 Å². The first-order chi connectivity index (χ1) is 15.1. The third kappa shape index (κ3) is 4.00. The molecule has 0 spiro atoms. The number of pyridine rings is 1. The largest absolute Gasteiger partial charge is 0.490 e. The minimum Gasteiger partial charge on any atom is -0.490 e. The molecule has 0 saturated carbocycles. The fourth-order valence-corrected chi connectivity index (χ4v) is 4.44. The quantitative estimate of drug-likeness (QED) is 0.588. The SMILES string of the molecule is COc1c(C#N)ccnc1O[C@]1(C(=O)c2ccsc2-c2ncccn2)CC[C@@H](C)NC1. The molecule has 4 rings (SSSR count). The molecule has 158 valence electrons. The van der Waals surface area contributed by atoms with Crippen LogP contribution in [0.5, 0.6) is 11.6 Å². The number of ether oxygens (including phenoxy) is 2. The van der Waals surface area contributed by atoms with Crippen LogP contribution in [0.4, 0.5) is 0 Å². The topological polar surface area (TPSA) is 110 Å². The first-order valence-electron chi connectivity index (χ1n) is 9.83. The number of nitrogens with one attached hydrogen (secondary N) is 1. The zero-order valence-corrected chi connectivity index (χ0v) is 18.0. The normalized spacial score (nSPS) is 20.6. The van der Waals surface area contributed by atoms with Gasteiger partial charge in [0.25, 0.3) is 5.88 Å². The van der Waals surface area contributed by atoms with E-state index < -0.39 is 5.60 Å². The number of carbonyl (C=O) groups is 1. The number of Topliss-reactive ketones (excluding diaryl/α,β-unsaturated/α-hetero) is 1. The van der Waals surface area contributed by atoms with Gasteiger partial charge in [-0.2, -0.15) is 5.26 Å². The Hall–Kier alpha value is -3.35. The Balaban J connectivity index is 1.76. The van der Waals surface area contributed by atoms with Crippen molar-refractivity contribution in [2.45, 2.75) is 31.4 Å². The van der Waals surface area contributed by atoms with E-state index in [1.54, 1.807) is 30.6 Å². The highest BCUT2D eigenvalue weighted by atomic mass is 32.1. The number of carbonyl (C=O) groups excluding carboxylic acids is 1.